The van der Waals surface area contributed by atoms with Crippen molar-refractivity contribution in [3.63, 3.8) is 0 Å². The Morgan fingerprint density at radius 1 is 0.950 bits per heavy atom. The fourth-order valence-electron chi connectivity index (χ4n) is 4.73. The molecule has 1 aliphatic heterocycles. The molecule has 0 amide bonds. The van der Waals surface area contributed by atoms with Crippen molar-refractivity contribution < 1.29 is 0 Å². The van der Waals surface area contributed by atoms with E-state index < -0.39 is 0 Å². The van der Waals surface area contributed by atoms with Crippen molar-refractivity contribution in [2.75, 3.05) is 13.1 Å². The van der Waals surface area contributed by atoms with Crippen molar-refractivity contribution in [1.29, 1.82) is 0 Å². The maximum Gasteiger partial charge on any atom is 0.0153 e. The molecule has 0 atom stereocenters. The Bertz CT molecular complexity index is 345. The summed E-state index contributed by atoms with van der Waals surface area (Å²) in [6.45, 7) is 12.8. The lowest BCUT2D eigenvalue weighted by Crippen LogP contribution is -2.43. The van der Waals surface area contributed by atoms with Crippen molar-refractivity contribution in [3.8, 4) is 0 Å². The van der Waals surface area contributed by atoms with E-state index in [4.69, 9.17) is 0 Å². The predicted molar refractivity (Wildman–Crippen MR) is 86.9 cm³/mol. The highest BCUT2D eigenvalue weighted by molar-refractivity contribution is 5.03. The van der Waals surface area contributed by atoms with E-state index in [2.05, 4.69) is 32.6 Å². The molecule has 2 saturated carbocycles. The highest BCUT2D eigenvalue weighted by atomic mass is 15.2. The van der Waals surface area contributed by atoms with E-state index in [1.54, 1.807) is 0 Å². The minimum absolute atomic E-state index is 0.419. The summed E-state index contributed by atoms with van der Waals surface area (Å²) in [4.78, 5) is 2.81. The van der Waals surface area contributed by atoms with Gasteiger partial charge in [0.15, 0.2) is 0 Å². The van der Waals surface area contributed by atoms with Crippen LogP contribution in [0.5, 0.6) is 0 Å². The highest BCUT2D eigenvalue weighted by Gasteiger charge is 2.50. The van der Waals surface area contributed by atoms with Crippen LogP contribution in [0.3, 0.4) is 0 Å². The molecule has 3 aliphatic rings. The van der Waals surface area contributed by atoms with Crippen molar-refractivity contribution >= 4 is 0 Å². The zero-order chi connectivity index (χ0) is 14.4. The quantitative estimate of drug-likeness (QED) is 0.663. The normalized spacial score (nSPS) is 27.6. The molecule has 2 aliphatic carbocycles. The van der Waals surface area contributed by atoms with Crippen LogP contribution in [0, 0.1) is 16.7 Å². The van der Waals surface area contributed by atoms with Gasteiger partial charge in [0, 0.05) is 12.1 Å². The van der Waals surface area contributed by atoms with Crippen molar-refractivity contribution in [2.24, 2.45) is 16.7 Å². The van der Waals surface area contributed by atoms with Crippen LogP contribution in [-0.2, 0) is 0 Å². The molecule has 1 nitrogen and oxygen atoms in total. The van der Waals surface area contributed by atoms with Crippen LogP contribution in [0.2, 0.25) is 0 Å². The second-order valence-corrected chi connectivity index (χ2v) is 9.45. The van der Waals surface area contributed by atoms with Crippen LogP contribution in [0.15, 0.2) is 0 Å². The molecule has 20 heavy (non-hydrogen) atoms. The molecule has 0 aromatic heterocycles. The first kappa shape index (κ1) is 14.9. The molecule has 3 rings (SSSR count). The van der Waals surface area contributed by atoms with Crippen molar-refractivity contribution in [2.45, 2.75) is 91.0 Å². The summed E-state index contributed by atoms with van der Waals surface area (Å²) < 4.78 is 0. The zero-order valence-electron chi connectivity index (χ0n) is 14.3. The van der Waals surface area contributed by atoms with Crippen LogP contribution in [-0.4, -0.2) is 23.5 Å². The van der Waals surface area contributed by atoms with Gasteiger partial charge in [-0.15, -0.1) is 0 Å². The summed E-state index contributed by atoms with van der Waals surface area (Å²) in [5.41, 5.74) is 1.75. The van der Waals surface area contributed by atoms with Crippen LogP contribution in [0.25, 0.3) is 0 Å². The van der Waals surface area contributed by atoms with E-state index in [0.29, 0.717) is 11.0 Å². The zero-order valence-corrected chi connectivity index (χ0v) is 14.3. The minimum Gasteiger partial charge on any atom is -0.298 e. The van der Waals surface area contributed by atoms with E-state index >= 15 is 0 Å². The molecular formula is C19H35N. The average Bonchev–Trinajstić information content (AvgIpc) is 2.84. The molecule has 1 saturated heterocycles. The Balaban J connectivity index is 1.53. The summed E-state index contributed by atoms with van der Waals surface area (Å²) in [5.74, 6) is 0.992. The Morgan fingerprint density at radius 2 is 1.60 bits per heavy atom. The third-order valence-electron chi connectivity index (χ3n) is 7.09. The second-order valence-electron chi connectivity index (χ2n) is 9.45. The fourth-order valence-corrected chi connectivity index (χ4v) is 4.73. The maximum atomic E-state index is 2.81. The summed E-state index contributed by atoms with van der Waals surface area (Å²) >= 11 is 0. The Kier molecular flexibility index (Phi) is 3.72. The molecule has 1 spiro atoms. The largest absolute Gasteiger partial charge is 0.298 e. The van der Waals surface area contributed by atoms with E-state index in [9.17, 15) is 0 Å². The van der Waals surface area contributed by atoms with E-state index in [0.717, 1.165) is 11.3 Å². The smallest absolute Gasteiger partial charge is 0.0153 e. The third-order valence-corrected chi connectivity index (χ3v) is 7.09. The number of likely N-dealkylation sites (tertiary alicyclic amines) is 1. The first-order valence-corrected chi connectivity index (χ1v) is 9.08. The standard InChI is InChI=1S/C19H35N/c1-17(2,16-7-5-6-8-16)9-10-18(3,4)20-14-13-19(15-20)11-12-19/h16H,5-15H2,1-4H3. The number of hydrogen-bond donors (Lipinski definition) is 0. The van der Waals surface area contributed by atoms with Gasteiger partial charge in [0.05, 0.1) is 0 Å². The molecule has 0 N–H and O–H groups in total. The van der Waals surface area contributed by atoms with Gasteiger partial charge in [-0.05, 0) is 82.1 Å². The summed E-state index contributed by atoms with van der Waals surface area (Å²) in [6.07, 6.45) is 13.2. The molecule has 0 bridgehead atoms. The molecule has 0 unspecified atom stereocenters. The topological polar surface area (TPSA) is 3.24 Å². The Labute approximate surface area is 126 Å². The molecule has 0 aromatic rings. The monoisotopic (exact) mass is 277 g/mol. The third kappa shape index (κ3) is 2.93. The minimum atomic E-state index is 0.419. The fraction of sp³-hybridized carbons (Fsp3) is 1.00. The molecule has 3 fully saturated rings. The number of nitrogens with zero attached hydrogens (tertiary/aromatic N) is 1. The van der Waals surface area contributed by atoms with Gasteiger partial charge < -0.3 is 0 Å². The Hall–Kier alpha value is -0.0400. The first-order chi connectivity index (χ1) is 9.33. The summed E-state index contributed by atoms with van der Waals surface area (Å²) in [6, 6.07) is 0. The van der Waals surface area contributed by atoms with Crippen molar-refractivity contribution in [3.05, 3.63) is 0 Å². The van der Waals surface area contributed by atoms with Gasteiger partial charge in [-0.1, -0.05) is 26.7 Å². The SMILES string of the molecule is CC(C)(CCC(C)(C)N1CCC2(CC2)C1)C1CCCC1. The molecule has 116 valence electrons. The maximum absolute atomic E-state index is 2.81. The molecule has 1 heteroatoms. The first-order valence-electron chi connectivity index (χ1n) is 9.08. The van der Waals surface area contributed by atoms with Gasteiger partial charge in [0.2, 0.25) is 0 Å². The van der Waals surface area contributed by atoms with Crippen LogP contribution >= 0.6 is 0 Å². The molecule has 1 heterocycles. The van der Waals surface area contributed by atoms with E-state index in [1.165, 1.54) is 70.9 Å². The van der Waals surface area contributed by atoms with Gasteiger partial charge in [-0.2, -0.15) is 0 Å². The summed E-state index contributed by atoms with van der Waals surface area (Å²) in [7, 11) is 0. The van der Waals surface area contributed by atoms with Crippen LogP contribution in [0.4, 0.5) is 0 Å². The molecule has 0 radical (unpaired) electrons. The van der Waals surface area contributed by atoms with E-state index in [1.807, 2.05) is 0 Å². The molecular weight excluding hydrogens is 242 g/mol. The van der Waals surface area contributed by atoms with Gasteiger partial charge >= 0.3 is 0 Å². The number of hydrogen-bond acceptors (Lipinski definition) is 1. The molecule has 0 aromatic carbocycles. The van der Waals surface area contributed by atoms with Crippen molar-refractivity contribution in [1.82, 2.24) is 4.90 Å². The lowest BCUT2D eigenvalue weighted by atomic mass is 9.72. The van der Waals surface area contributed by atoms with Gasteiger partial charge in [0.1, 0.15) is 0 Å². The Morgan fingerprint density at radius 3 is 2.15 bits per heavy atom. The lowest BCUT2D eigenvalue weighted by molar-refractivity contribution is 0.0996. The van der Waals surface area contributed by atoms with E-state index in [-0.39, 0.29) is 0 Å². The second kappa shape index (κ2) is 5.00. The van der Waals surface area contributed by atoms with Gasteiger partial charge in [-0.3, -0.25) is 4.90 Å². The van der Waals surface area contributed by atoms with Gasteiger partial charge in [0.25, 0.3) is 0 Å². The summed E-state index contributed by atoms with van der Waals surface area (Å²) in [5, 5.41) is 0. The lowest BCUT2D eigenvalue weighted by Gasteiger charge is -2.40. The van der Waals surface area contributed by atoms with Gasteiger partial charge in [-0.25, -0.2) is 0 Å². The van der Waals surface area contributed by atoms with Crippen LogP contribution in [0.1, 0.15) is 85.5 Å². The van der Waals surface area contributed by atoms with Crippen LogP contribution < -0.4 is 0 Å². The average molecular weight is 277 g/mol. The number of rotatable bonds is 5. The predicted octanol–water partition coefficient (Wildman–Crippen LogP) is 5.25. The highest BCUT2D eigenvalue weighted by Crippen LogP contribution is 2.54.